The number of nitrogens with one attached hydrogen (secondary N) is 2. The van der Waals surface area contributed by atoms with Crippen molar-refractivity contribution in [3.63, 3.8) is 0 Å². The number of methoxy groups -OCH3 is 1. The lowest BCUT2D eigenvalue weighted by atomic mass is 10.1. The maximum Gasteiger partial charge on any atom is 0.305 e. The summed E-state index contributed by atoms with van der Waals surface area (Å²) in [6, 6.07) is 0. The van der Waals surface area contributed by atoms with Crippen molar-refractivity contribution in [3.05, 3.63) is 0 Å². The van der Waals surface area contributed by atoms with Gasteiger partial charge >= 0.3 is 5.97 Å². The third-order valence-electron chi connectivity index (χ3n) is 2.87. The zero-order chi connectivity index (χ0) is 15.8. The molecule has 0 radical (unpaired) electrons. The minimum atomic E-state index is -0.124. The molecule has 0 atom stereocenters. The summed E-state index contributed by atoms with van der Waals surface area (Å²) in [5.41, 5.74) is 0. The summed E-state index contributed by atoms with van der Waals surface area (Å²) in [6.45, 7) is 7.86. The molecule has 2 N–H and O–H groups in total. The molecule has 0 unspecified atom stereocenters. The normalized spacial score (nSPS) is 11.3. The van der Waals surface area contributed by atoms with Crippen molar-refractivity contribution < 1.29 is 14.3 Å². The van der Waals surface area contributed by atoms with Crippen LogP contribution in [-0.4, -0.2) is 51.9 Å². The number of rotatable bonds is 12. The first kappa shape index (κ1) is 19.7. The van der Waals surface area contributed by atoms with Crippen molar-refractivity contribution in [3.8, 4) is 0 Å². The maximum absolute atomic E-state index is 10.9. The van der Waals surface area contributed by atoms with Crippen molar-refractivity contribution in [2.24, 2.45) is 4.99 Å². The van der Waals surface area contributed by atoms with Gasteiger partial charge in [-0.25, -0.2) is 0 Å². The standard InChI is InChI=1S/C15H31N3O3/c1-4-16-15(18-12-13-21-5-2)17-11-9-7-6-8-10-14(19)20-3/h4-13H2,1-3H3,(H2,16,17,18). The number of unbranched alkanes of at least 4 members (excludes halogenated alkanes) is 3. The van der Waals surface area contributed by atoms with E-state index in [0.717, 1.165) is 57.9 Å². The smallest absolute Gasteiger partial charge is 0.305 e. The van der Waals surface area contributed by atoms with Crippen LogP contribution in [0.15, 0.2) is 4.99 Å². The van der Waals surface area contributed by atoms with Crippen molar-refractivity contribution in [2.45, 2.75) is 46.0 Å². The molecule has 0 fully saturated rings. The molecule has 0 saturated heterocycles. The monoisotopic (exact) mass is 301 g/mol. The summed E-state index contributed by atoms with van der Waals surface area (Å²) in [4.78, 5) is 15.4. The Bertz CT molecular complexity index is 283. The van der Waals surface area contributed by atoms with Crippen LogP contribution in [0.4, 0.5) is 0 Å². The molecule has 0 heterocycles. The molecule has 124 valence electrons. The van der Waals surface area contributed by atoms with Crippen LogP contribution in [0.1, 0.15) is 46.0 Å². The van der Waals surface area contributed by atoms with E-state index in [0.29, 0.717) is 13.0 Å². The molecular formula is C15H31N3O3. The van der Waals surface area contributed by atoms with E-state index >= 15 is 0 Å². The summed E-state index contributed by atoms with van der Waals surface area (Å²) < 4.78 is 9.88. The molecule has 0 aliphatic rings. The lowest BCUT2D eigenvalue weighted by molar-refractivity contribution is -0.140. The Labute approximate surface area is 128 Å². The van der Waals surface area contributed by atoms with E-state index in [-0.39, 0.29) is 5.97 Å². The number of carbonyl (C=O) groups is 1. The summed E-state index contributed by atoms with van der Waals surface area (Å²) in [5, 5.41) is 6.44. The van der Waals surface area contributed by atoms with Crippen LogP contribution in [0, 0.1) is 0 Å². The number of nitrogens with zero attached hydrogens (tertiary/aromatic N) is 1. The number of hydrogen-bond acceptors (Lipinski definition) is 4. The second-order valence-corrected chi connectivity index (χ2v) is 4.62. The predicted octanol–water partition coefficient (Wildman–Crippen LogP) is 1.70. The molecular weight excluding hydrogens is 270 g/mol. The van der Waals surface area contributed by atoms with E-state index in [1.165, 1.54) is 7.11 Å². The molecule has 0 amide bonds. The fourth-order valence-electron chi connectivity index (χ4n) is 1.76. The molecule has 0 rings (SSSR count). The summed E-state index contributed by atoms with van der Waals surface area (Å²) in [5.74, 6) is 0.715. The summed E-state index contributed by atoms with van der Waals surface area (Å²) in [7, 11) is 1.43. The fraction of sp³-hybridized carbons (Fsp3) is 0.867. The van der Waals surface area contributed by atoms with Crippen LogP contribution < -0.4 is 10.6 Å². The molecule has 21 heavy (non-hydrogen) atoms. The fourth-order valence-corrected chi connectivity index (χ4v) is 1.76. The Morgan fingerprint density at radius 3 is 2.52 bits per heavy atom. The summed E-state index contributed by atoms with van der Waals surface area (Å²) >= 11 is 0. The van der Waals surface area contributed by atoms with Gasteiger partial charge in [-0.3, -0.25) is 9.79 Å². The third kappa shape index (κ3) is 13.4. The first-order chi connectivity index (χ1) is 10.2. The first-order valence-electron chi connectivity index (χ1n) is 7.91. The lowest BCUT2D eigenvalue weighted by Crippen LogP contribution is -2.39. The van der Waals surface area contributed by atoms with Gasteiger partial charge in [-0.05, 0) is 26.7 Å². The van der Waals surface area contributed by atoms with E-state index in [1.807, 2.05) is 13.8 Å². The highest BCUT2D eigenvalue weighted by molar-refractivity contribution is 5.79. The number of carbonyl (C=O) groups excluding carboxylic acids is 1. The van der Waals surface area contributed by atoms with E-state index < -0.39 is 0 Å². The van der Waals surface area contributed by atoms with Crippen molar-refractivity contribution in [2.75, 3.05) is 40.0 Å². The average molecular weight is 301 g/mol. The molecule has 6 nitrogen and oxygen atoms in total. The van der Waals surface area contributed by atoms with Gasteiger partial charge in [0.25, 0.3) is 0 Å². The Morgan fingerprint density at radius 2 is 1.86 bits per heavy atom. The number of esters is 1. The number of aliphatic imine (C=N–C) groups is 1. The van der Waals surface area contributed by atoms with Gasteiger partial charge in [0, 0.05) is 32.7 Å². The minimum absolute atomic E-state index is 0.124. The van der Waals surface area contributed by atoms with Gasteiger partial charge in [-0.15, -0.1) is 0 Å². The molecule has 0 aromatic heterocycles. The number of guanidine groups is 1. The zero-order valence-corrected chi connectivity index (χ0v) is 13.7. The highest BCUT2D eigenvalue weighted by Gasteiger charge is 1.99. The van der Waals surface area contributed by atoms with Crippen LogP contribution in [0.25, 0.3) is 0 Å². The van der Waals surface area contributed by atoms with Gasteiger partial charge in [0.15, 0.2) is 5.96 Å². The van der Waals surface area contributed by atoms with Crippen molar-refractivity contribution in [1.29, 1.82) is 0 Å². The number of ether oxygens (including phenoxy) is 2. The maximum atomic E-state index is 10.9. The Morgan fingerprint density at radius 1 is 1.10 bits per heavy atom. The second-order valence-electron chi connectivity index (χ2n) is 4.62. The van der Waals surface area contributed by atoms with E-state index in [9.17, 15) is 4.79 Å². The predicted molar refractivity (Wildman–Crippen MR) is 85.6 cm³/mol. The summed E-state index contributed by atoms with van der Waals surface area (Å²) in [6.07, 6.45) is 4.56. The van der Waals surface area contributed by atoms with E-state index in [4.69, 9.17) is 4.74 Å². The van der Waals surface area contributed by atoms with E-state index in [1.54, 1.807) is 0 Å². The van der Waals surface area contributed by atoms with Gasteiger partial charge in [-0.1, -0.05) is 12.8 Å². The van der Waals surface area contributed by atoms with E-state index in [2.05, 4.69) is 20.4 Å². The number of hydrogen-bond donors (Lipinski definition) is 2. The van der Waals surface area contributed by atoms with Gasteiger partial charge in [-0.2, -0.15) is 0 Å². The van der Waals surface area contributed by atoms with Crippen molar-refractivity contribution >= 4 is 11.9 Å². The minimum Gasteiger partial charge on any atom is -0.469 e. The largest absolute Gasteiger partial charge is 0.469 e. The first-order valence-corrected chi connectivity index (χ1v) is 7.91. The lowest BCUT2D eigenvalue weighted by Gasteiger charge is -2.11. The Kier molecular flexibility index (Phi) is 14.2. The molecule has 0 aliphatic carbocycles. The van der Waals surface area contributed by atoms with Gasteiger partial charge in [0.05, 0.1) is 13.7 Å². The average Bonchev–Trinajstić information content (AvgIpc) is 2.50. The van der Waals surface area contributed by atoms with Gasteiger partial charge in [0.1, 0.15) is 0 Å². The molecule has 0 saturated carbocycles. The van der Waals surface area contributed by atoms with Crippen LogP contribution in [0.3, 0.4) is 0 Å². The zero-order valence-electron chi connectivity index (χ0n) is 13.7. The molecule has 0 spiro atoms. The Balaban J connectivity index is 3.65. The highest BCUT2D eigenvalue weighted by atomic mass is 16.5. The van der Waals surface area contributed by atoms with Crippen molar-refractivity contribution in [1.82, 2.24) is 10.6 Å². The molecule has 0 aromatic rings. The second kappa shape index (κ2) is 15.1. The quantitative estimate of drug-likeness (QED) is 0.248. The molecule has 6 heteroatoms. The van der Waals surface area contributed by atoms with Crippen LogP contribution in [0.2, 0.25) is 0 Å². The van der Waals surface area contributed by atoms with Crippen LogP contribution in [-0.2, 0) is 14.3 Å². The van der Waals surface area contributed by atoms with Gasteiger partial charge in [0.2, 0.25) is 0 Å². The van der Waals surface area contributed by atoms with Crippen LogP contribution >= 0.6 is 0 Å². The topological polar surface area (TPSA) is 72.0 Å². The molecule has 0 aromatic carbocycles. The molecule has 0 bridgehead atoms. The highest BCUT2D eigenvalue weighted by Crippen LogP contribution is 2.03. The molecule has 0 aliphatic heterocycles. The SMILES string of the molecule is CCNC(=NCCCCCCC(=O)OC)NCCOCC. The Hall–Kier alpha value is -1.30. The van der Waals surface area contributed by atoms with Gasteiger partial charge < -0.3 is 20.1 Å². The third-order valence-corrected chi connectivity index (χ3v) is 2.87. The van der Waals surface area contributed by atoms with Crippen LogP contribution in [0.5, 0.6) is 0 Å².